The molecule has 86 valence electrons. The lowest BCUT2D eigenvalue weighted by Crippen LogP contribution is -2.30. The van der Waals surface area contributed by atoms with Crippen LogP contribution in [0, 0.1) is 0 Å². The maximum atomic E-state index is 11.2. The summed E-state index contributed by atoms with van der Waals surface area (Å²) in [6, 6.07) is 4.44. The molecule has 6 heteroatoms. The lowest BCUT2D eigenvalue weighted by Gasteiger charge is -2.00. The summed E-state index contributed by atoms with van der Waals surface area (Å²) in [6.07, 6.45) is 0. The average Bonchev–Trinajstić information content (AvgIpc) is 2.16. The fourth-order valence-corrected chi connectivity index (χ4v) is 2.19. The van der Waals surface area contributed by atoms with Crippen molar-refractivity contribution in [1.29, 1.82) is 0 Å². The van der Waals surface area contributed by atoms with Crippen LogP contribution in [0.1, 0.15) is 6.92 Å². The first-order chi connectivity index (χ1) is 7.38. The highest BCUT2D eigenvalue weighted by Gasteiger charge is 2.12. The zero-order chi connectivity index (χ0) is 12.3. The van der Waals surface area contributed by atoms with E-state index in [1.807, 2.05) is 0 Å². The summed E-state index contributed by atoms with van der Waals surface area (Å²) in [6.45, 7) is 5.30. The molecular weight excluding hydrogens is 228 g/mol. The maximum Gasteiger partial charge on any atom is 0.295 e. The van der Waals surface area contributed by atoms with Gasteiger partial charge in [0.05, 0.1) is 5.70 Å². The van der Waals surface area contributed by atoms with Gasteiger partial charge in [0.15, 0.2) is 0 Å². The lowest BCUT2D eigenvalue weighted by atomic mass is 10.2. The Morgan fingerprint density at radius 2 is 2.06 bits per heavy atom. The number of hydrogen-bond acceptors (Lipinski definition) is 4. The highest BCUT2D eigenvalue weighted by atomic mass is 32.2. The van der Waals surface area contributed by atoms with Crippen LogP contribution in [-0.4, -0.2) is 20.0 Å². The Bertz CT molecular complexity index is 633. The van der Waals surface area contributed by atoms with Crippen molar-refractivity contribution in [2.45, 2.75) is 11.8 Å². The van der Waals surface area contributed by atoms with Crippen molar-refractivity contribution in [1.82, 2.24) is 0 Å². The van der Waals surface area contributed by atoms with Gasteiger partial charge in [-0.2, -0.15) is 18.6 Å². The van der Waals surface area contributed by atoms with E-state index in [0.717, 1.165) is 0 Å². The Kier molecular flexibility index (Phi) is 3.56. The molecule has 0 amide bonds. The van der Waals surface area contributed by atoms with Gasteiger partial charge < -0.3 is 0 Å². The highest BCUT2D eigenvalue weighted by molar-refractivity contribution is 7.85. The van der Waals surface area contributed by atoms with Crippen LogP contribution in [0.3, 0.4) is 0 Å². The molecular formula is C10H12N2O3S. The predicted octanol–water partition coefficient (Wildman–Crippen LogP) is 0.554. The Morgan fingerprint density at radius 3 is 2.56 bits per heavy atom. The fraction of sp³-hybridized carbons (Fsp3) is 0.200. The molecule has 0 saturated heterocycles. The molecule has 0 spiro atoms. The van der Waals surface area contributed by atoms with Crippen LogP contribution in [0.25, 0.3) is 12.3 Å². The van der Waals surface area contributed by atoms with Crippen molar-refractivity contribution in [3.8, 4) is 0 Å². The van der Waals surface area contributed by atoms with Crippen molar-refractivity contribution < 1.29 is 13.0 Å². The van der Waals surface area contributed by atoms with Gasteiger partial charge in [0.25, 0.3) is 10.1 Å². The summed E-state index contributed by atoms with van der Waals surface area (Å²) in [4.78, 5) is -0.204. The molecule has 1 rings (SSSR count). The van der Waals surface area contributed by atoms with E-state index in [4.69, 9.17) is 4.55 Å². The zero-order valence-corrected chi connectivity index (χ0v) is 9.82. The van der Waals surface area contributed by atoms with E-state index in [9.17, 15) is 8.42 Å². The molecule has 16 heavy (non-hydrogen) atoms. The number of nitrogens with zero attached hydrogens (tertiary/aromatic N) is 2. The van der Waals surface area contributed by atoms with E-state index in [1.54, 1.807) is 13.0 Å². The van der Waals surface area contributed by atoms with Gasteiger partial charge in [0, 0.05) is 12.3 Å². The Morgan fingerprint density at radius 1 is 1.44 bits per heavy atom. The first-order valence-corrected chi connectivity index (χ1v) is 5.88. The number of rotatable bonds is 2. The molecule has 0 aromatic heterocycles. The molecule has 0 saturated carbocycles. The summed E-state index contributed by atoms with van der Waals surface area (Å²) >= 11 is 0. The molecule has 0 aliphatic rings. The first kappa shape index (κ1) is 12.5. The molecule has 0 unspecified atom stereocenters. The van der Waals surface area contributed by atoms with Gasteiger partial charge in [0.1, 0.15) is 4.90 Å². The summed E-state index contributed by atoms with van der Waals surface area (Å²) in [5, 5.41) is 8.08. The van der Waals surface area contributed by atoms with Gasteiger partial charge in [-0.25, -0.2) is 0 Å². The van der Waals surface area contributed by atoms with Gasteiger partial charge in [-0.3, -0.25) is 4.55 Å². The van der Waals surface area contributed by atoms with Crippen molar-refractivity contribution in [2.75, 3.05) is 7.05 Å². The third kappa shape index (κ3) is 2.53. The van der Waals surface area contributed by atoms with Crippen molar-refractivity contribution in [2.24, 2.45) is 10.2 Å². The standard InChI is InChI=1S/C10H12N2O3S/c1-7-5-4-6-9(16(13,14)15)10(7)8(2)12-11-3/h4-6H,1H2,2-3H3,(H,13,14,15)/b10-8-,12-11+. The Labute approximate surface area is 93.6 Å². The molecule has 0 fully saturated rings. The molecule has 1 aromatic carbocycles. The normalized spacial score (nSPS) is 14.2. The van der Waals surface area contributed by atoms with Gasteiger partial charge in [-0.15, -0.1) is 0 Å². The summed E-state index contributed by atoms with van der Waals surface area (Å²) in [7, 11) is -2.81. The van der Waals surface area contributed by atoms with Gasteiger partial charge >= 0.3 is 0 Å². The van der Waals surface area contributed by atoms with Gasteiger partial charge in [-0.05, 0) is 18.2 Å². The second-order valence-corrected chi connectivity index (χ2v) is 4.54. The summed E-state index contributed by atoms with van der Waals surface area (Å²) in [5.41, 5.74) is 0.390. The van der Waals surface area contributed by atoms with Crippen molar-refractivity contribution >= 4 is 22.4 Å². The summed E-state index contributed by atoms with van der Waals surface area (Å²) in [5.74, 6) is 0. The zero-order valence-electron chi connectivity index (χ0n) is 9.01. The van der Waals surface area contributed by atoms with Gasteiger partial charge in [-0.1, -0.05) is 18.7 Å². The quantitative estimate of drug-likeness (QED) is 0.605. The molecule has 0 radical (unpaired) electrons. The van der Waals surface area contributed by atoms with Crippen LogP contribution in [0.4, 0.5) is 0 Å². The summed E-state index contributed by atoms with van der Waals surface area (Å²) < 4.78 is 31.4. The van der Waals surface area contributed by atoms with E-state index < -0.39 is 10.1 Å². The Hall–Kier alpha value is -1.53. The third-order valence-corrected chi connectivity index (χ3v) is 2.90. The van der Waals surface area contributed by atoms with Crippen LogP contribution in [0.5, 0.6) is 0 Å². The van der Waals surface area contributed by atoms with Crippen LogP contribution in [0.2, 0.25) is 0 Å². The minimum atomic E-state index is -4.28. The minimum absolute atomic E-state index is 0.204. The lowest BCUT2D eigenvalue weighted by molar-refractivity contribution is 0.482. The fourth-order valence-electron chi connectivity index (χ4n) is 1.40. The highest BCUT2D eigenvalue weighted by Crippen LogP contribution is 2.02. The van der Waals surface area contributed by atoms with E-state index >= 15 is 0 Å². The van der Waals surface area contributed by atoms with E-state index in [0.29, 0.717) is 10.9 Å². The average molecular weight is 240 g/mol. The molecule has 0 atom stereocenters. The third-order valence-electron chi connectivity index (χ3n) is 2.00. The van der Waals surface area contributed by atoms with Crippen LogP contribution < -0.4 is 10.4 Å². The van der Waals surface area contributed by atoms with Crippen LogP contribution in [0.15, 0.2) is 33.3 Å². The number of hydrogen-bond donors (Lipinski definition) is 1. The largest absolute Gasteiger partial charge is 0.295 e. The Balaban J connectivity index is 3.89. The number of azo groups is 1. The maximum absolute atomic E-state index is 11.2. The second kappa shape index (κ2) is 4.54. The topological polar surface area (TPSA) is 79.1 Å². The van der Waals surface area contributed by atoms with Crippen LogP contribution >= 0.6 is 0 Å². The number of benzene rings is 1. The van der Waals surface area contributed by atoms with Crippen molar-refractivity contribution in [3.05, 3.63) is 28.6 Å². The second-order valence-electron chi connectivity index (χ2n) is 3.15. The molecule has 0 heterocycles. The molecule has 0 aliphatic carbocycles. The molecule has 0 aliphatic heterocycles. The van der Waals surface area contributed by atoms with Crippen LogP contribution in [-0.2, 0) is 10.1 Å². The van der Waals surface area contributed by atoms with E-state index in [1.165, 1.54) is 19.2 Å². The SMILES string of the molecule is C=c1cccc(S(=O)(=O)O)/c1=C(C)\N=N\C. The molecule has 5 nitrogen and oxygen atoms in total. The van der Waals surface area contributed by atoms with E-state index in [-0.39, 0.29) is 10.1 Å². The molecule has 1 aromatic rings. The van der Waals surface area contributed by atoms with Gasteiger partial charge in [0.2, 0.25) is 0 Å². The molecule has 0 bridgehead atoms. The van der Waals surface area contributed by atoms with E-state index in [2.05, 4.69) is 16.8 Å². The first-order valence-electron chi connectivity index (χ1n) is 4.44. The monoisotopic (exact) mass is 240 g/mol. The predicted molar refractivity (Wildman–Crippen MR) is 60.9 cm³/mol. The van der Waals surface area contributed by atoms with Crippen molar-refractivity contribution in [3.63, 3.8) is 0 Å². The molecule has 1 N–H and O–H groups in total. The minimum Gasteiger partial charge on any atom is -0.282 e. The smallest absolute Gasteiger partial charge is 0.282 e.